The fourth-order valence-electron chi connectivity index (χ4n) is 4.77. The Morgan fingerprint density at radius 2 is 1.50 bits per heavy atom. The van der Waals surface area contributed by atoms with E-state index in [1.807, 2.05) is 11.0 Å². The SMILES string of the molecule is O=C(CNc1cc(S(=O)(=O)N2CCOCC2)ccc1N1CCCC1)N1CCCCCCC1. The first-order valence-corrected chi connectivity index (χ1v) is 13.5. The van der Waals surface area contributed by atoms with Crippen molar-refractivity contribution in [3.63, 3.8) is 0 Å². The number of ether oxygens (including phenoxy) is 1. The van der Waals surface area contributed by atoms with Crippen molar-refractivity contribution in [2.75, 3.05) is 69.2 Å². The summed E-state index contributed by atoms with van der Waals surface area (Å²) in [6.45, 7) is 5.27. The normalized spacial score (nSPS) is 21.2. The number of sulfonamides is 1. The van der Waals surface area contributed by atoms with E-state index in [0.29, 0.717) is 26.3 Å². The number of nitrogens with zero attached hydrogens (tertiary/aromatic N) is 3. The van der Waals surface area contributed by atoms with E-state index < -0.39 is 10.0 Å². The molecule has 0 bridgehead atoms. The number of carbonyl (C=O) groups excluding carboxylic acids is 1. The average molecular weight is 465 g/mol. The first kappa shape index (κ1) is 23.3. The maximum Gasteiger partial charge on any atom is 0.243 e. The summed E-state index contributed by atoms with van der Waals surface area (Å²) < 4.78 is 33.2. The molecule has 9 heteroatoms. The van der Waals surface area contributed by atoms with Crippen LogP contribution in [0, 0.1) is 0 Å². The van der Waals surface area contributed by atoms with Crippen molar-refractivity contribution in [1.29, 1.82) is 0 Å². The third-order valence-corrected chi connectivity index (χ3v) is 8.56. The molecular weight excluding hydrogens is 428 g/mol. The molecule has 1 amide bonds. The summed E-state index contributed by atoms with van der Waals surface area (Å²) in [7, 11) is -3.59. The van der Waals surface area contributed by atoms with Gasteiger partial charge in [0.1, 0.15) is 0 Å². The molecule has 1 aromatic rings. The van der Waals surface area contributed by atoms with Crippen molar-refractivity contribution in [1.82, 2.24) is 9.21 Å². The van der Waals surface area contributed by atoms with Gasteiger partial charge in [-0.05, 0) is 43.9 Å². The summed E-state index contributed by atoms with van der Waals surface area (Å²) >= 11 is 0. The minimum absolute atomic E-state index is 0.0840. The average Bonchev–Trinajstić information content (AvgIpc) is 3.32. The van der Waals surface area contributed by atoms with Crippen LogP contribution in [0.25, 0.3) is 0 Å². The van der Waals surface area contributed by atoms with Crippen molar-refractivity contribution < 1.29 is 17.9 Å². The molecule has 32 heavy (non-hydrogen) atoms. The fraction of sp³-hybridized carbons (Fsp3) is 0.696. The Balaban J connectivity index is 1.52. The number of hydrogen-bond donors (Lipinski definition) is 1. The number of nitrogens with one attached hydrogen (secondary N) is 1. The number of likely N-dealkylation sites (tertiary alicyclic amines) is 1. The van der Waals surface area contributed by atoms with E-state index in [0.717, 1.165) is 63.2 Å². The summed E-state index contributed by atoms with van der Waals surface area (Å²) in [6, 6.07) is 5.30. The molecule has 0 atom stereocenters. The summed E-state index contributed by atoms with van der Waals surface area (Å²) in [6.07, 6.45) is 7.97. The zero-order valence-corrected chi connectivity index (χ0v) is 19.7. The van der Waals surface area contributed by atoms with E-state index in [1.54, 1.807) is 12.1 Å². The van der Waals surface area contributed by atoms with Gasteiger partial charge in [-0.15, -0.1) is 0 Å². The van der Waals surface area contributed by atoms with Gasteiger partial charge >= 0.3 is 0 Å². The van der Waals surface area contributed by atoms with Crippen LogP contribution < -0.4 is 10.2 Å². The molecule has 178 valence electrons. The zero-order chi connectivity index (χ0) is 22.4. The van der Waals surface area contributed by atoms with Gasteiger partial charge in [-0.25, -0.2) is 8.42 Å². The van der Waals surface area contributed by atoms with Crippen LogP contribution in [0.5, 0.6) is 0 Å². The molecule has 8 nitrogen and oxygen atoms in total. The van der Waals surface area contributed by atoms with Gasteiger partial charge in [-0.2, -0.15) is 4.31 Å². The van der Waals surface area contributed by atoms with E-state index >= 15 is 0 Å². The molecule has 0 radical (unpaired) electrons. The van der Waals surface area contributed by atoms with E-state index in [4.69, 9.17) is 4.74 Å². The quantitative estimate of drug-likeness (QED) is 0.697. The summed E-state index contributed by atoms with van der Waals surface area (Å²) in [5, 5.41) is 3.30. The smallest absolute Gasteiger partial charge is 0.243 e. The third-order valence-electron chi connectivity index (χ3n) is 6.66. The molecule has 0 unspecified atom stereocenters. The molecule has 4 rings (SSSR count). The van der Waals surface area contributed by atoms with Gasteiger partial charge in [0.05, 0.1) is 36.0 Å². The number of anilines is 2. The predicted octanol–water partition coefficient (Wildman–Crippen LogP) is 2.51. The number of carbonyl (C=O) groups is 1. The molecule has 0 saturated carbocycles. The van der Waals surface area contributed by atoms with Crippen molar-refractivity contribution >= 4 is 27.3 Å². The fourth-order valence-corrected chi connectivity index (χ4v) is 6.20. The molecule has 1 aromatic carbocycles. The Bertz CT molecular complexity index is 872. The molecule has 3 aliphatic heterocycles. The highest BCUT2D eigenvalue weighted by molar-refractivity contribution is 7.89. The lowest BCUT2D eigenvalue weighted by Crippen LogP contribution is -2.40. The maximum absolute atomic E-state index is 13.2. The first-order valence-electron chi connectivity index (χ1n) is 12.0. The molecule has 0 aliphatic carbocycles. The van der Waals surface area contributed by atoms with Crippen molar-refractivity contribution in [3.05, 3.63) is 18.2 Å². The van der Waals surface area contributed by atoms with Crippen LogP contribution in [0.3, 0.4) is 0 Å². The highest BCUT2D eigenvalue weighted by Crippen LogP contribution is 2.32. The Hall–Kier alpha value is -1.84. The molecule has 3 saturated heterocycles. The van der Waals surface area contributed by atoms with Crippen LogP contribution in [-0.4, -0.2) is 82.6 Å². The molecule has 0 spiro atoms. The lowest BCUT2D eigenvalue weighted by atomic mass is 10.1. The Morgan fingerprint density at radius 1 is 0.875 bits per heavy atom. The molecule has 0 aromatic heterocycles. The highest BCUT2D eigenvalue weighted by Gasteiger charge is 2.28. The molecule has 3 aliphatic rings. The second-order valence-electron chi connectivity index (χ2n) is 8.89. The summed E-state index contributed by atoms with van der Waals surface area (Å²) in [4.78, 5) is 17.4. The first-order chi connectivity index (χ1) is 15.6. The van der Waals surface area contributed by atoms with Gasteiger partial charge in [-0.3, -0.25) is 4.79 Å². The largest absolute Gasteiger partial charge is 0.379 e. The van der Waals surface area contributed by atoms with Crippen LogP contribution in [0.2, 0.25) is 0 Å². The summed E-state index contributed by atoms with van der Waals surface area (Å²) in [5.41, 5.74) is 1.70. The Morgan fingerprint density at radius 3 is 2.19 bits per heavy atom. The van der Waals surface area contributed by atoms with E-state index in [9.17, 15) is 13.2 Å². The van der Waals surface area contributed by atoms with Crippen LogP contribution >= 0.6 is 0 Å². The molecular formula is C23H36N4O4S. The molecule has 3 fully saturated rings. The van der Waals surface area contributed by atoms with Crippen LogP contribution in [0.15, 0.2) is 23.1 Å². The monoisotopic (exact) mass is 464 g/mol. The zero-order valence-electron chi connectivity index (χ0n) is 18.9. The summed E-state index contributed by atoms with van der Waals surface area (Å²) in [5.74, 6) is 0.0840. The predicted molar refractivity (Wildman–Crippen MR) is 126 cm³/mol. The van der Waals surface area contributed by atoms with Gasteiger partial charge in [-0.1, -0.05) is 19.3 Å². The molecule has 1 N–H and O–H groups in total. The van der Waals surface area contributed by atoms with Gasteiger partial charge in [0.25, 0.3) is 0 Å². The van der Waals surface area contributed by atoms with Gasteiger partial charge < -0.3 is 19.9 Å². The number of rotatable bonds is 6. The second kappa shape index (κ2) is 10.9. The minimum Gasteiger partial charge on any atom is -0.379 e. The number of morpholine rings is 1. The number of benzene rings is 1. The third kappa shape index (κ3) is 5.55. The van der Waals surface area contributed by atoms with Crippen molar-refractivity contribution in [3.8, 4) is 0 Å². The second-order valence-corrected chi connectivity index (χ2v) is 10.8. The number of amides is 1. The topological polar surface area (TPSA) is 82.2 Å². The molecule has 3 heterocycles. The lowest BCUT2D eigenvalue weighted by Gasteiger charge is -2.28. The van der Waals surface area contributed by atoms with Gasteiger partial charge in [0.15, 0.2) is 0 Å². The van der Waals surface area contributed by atoms with Crippen molar-refractivity contribution in [2.45, 2.75) is 49.8 Å². The standard InChI is InChI=1S/C23H36N4O4S/c28-23(26-12-4-2-1-3-5-13-26)19-24-21-18-20(8-9-22(21)25-10-6-7-11-25)32(29,30)27-14-16-31-17-15-27/h8-9,18,24H,1-7,10-17,19H2. The maximum atomic E-state index is 13.2. The van der Waals surface area contributed by atoms with E-state index in [-0.39, 0.29) is 17.3 Å². The van der Waals surface area contributed by atoms with Gasteiger partial charge in [0.2, 0.25) is 15.9 Å². The Kier molecular flexibility index (Phi) is 7.91. The van der Waals surface area contributed by atoms with Gasteiger partial charge in [0, 0.05) is 39.3 Å². The highest BCUT2D eigenvalue weighted by atomic mass is 32.2. The van der Waals surface area contributed by atoms with Crippen LogP contribution in [-0.2, 0) is 19.6 Å². The van der Waals surface area contributed by atoms with E-state index in [2.05, 4.69) is 10.2 Å². The minimum atomic E-state index is -3.59. The van der Waals surface area contributed by atoms with E-state index in [1.165, 1.54) is 23.6 Å². The number of hydrogen-bond acceptors (Lipinski definition) is 6. The Labute approximate surface area is 191 Å². The van der Waals surface area contributed by atoms with Crippen LogP contribution in [0.1, 0.15) is 44.9 Å². The van der Waals surface area contributed by atoms with Crippen molar-refractivity contribution in [2.24, 2.45) is 0 Å². The van der Waals surface area contributed by atoms with Crippen LogP contribution in [0.4, 0.5) is 11.4 Å². The lowest BCUT2D eigenvalue weighted by molar-refractivity contribution is -0.129.